The van der Waals surface area contributed by atoms with Crippen LogP contribution in [0.4, 0.5) is 0 Å². The Morgan fingerprint density at radius 2 is 2.08 bits per heavy atom. The molecule has 0 atom stereocenters. The fourth-order valence-corrected chi connectivity index (χ4v) is 1.36. The van der Waals surface area contributed by atoms with E-state index >= 15 is 0 Å². The van der Waals surface area contributed by atoms with Crippen molar-refractivity contribution in [3.63, 3.8) is 0 Å². The Morgan fingerprint density at radius 1 is 1.38 bits per heavy atom. The van der Waals surface area contributed by atoms with Crippen LogP contribution in [0.3, 0.4) is 0 Å². The van der Waals surface area contributed by atoms with Gasteiger partial charge in [-0.15, -0.1) is 0 Å². The molecule has 2 heteroatoms. The predicted octanol–water partition coefficient (Wildman–Crippen LogP) is 1.98. The number of hydrogen-bond acceptors (Lipinski definition) is 2. The Bertz CT molecular complexity index is 306. The van der Waals surface area contributed by atoms with Crippen LogP contribution in [0.25, 0.3) is 6.08 Å². The van der Waals surface area contributed by atoms with Gasteiger partial charge in [-0.3, -0.25) is 0 Å². The maximum atomic E-state index is 9.61. The largest absolute Gasteiger partial charge is 0.507 e. The number of hydrogen-bond donors (Lipinski definition) is 2. The number of phenols is 1. The van der Waals surface area contributed by atoms with E-state index in [2.05, 4.69) is 0 Å². The Hall–Kier alpha value is -1.28. The number of phenolic OH excluding ortho intramolecular Hbond substituents is 1. The third-order valence-corrected chi connectivity index (χ3v) is 1.93. The minimum absolute atomic E-state index is 0.321. The van der Waals surface area contributed by atoms with Crippen molar-refractivity contribution in [3.05, 3.63) is 34.9 Å². The van der Waals surface area contributed by atoms with Gasteiger partial charge in [-0.2, -0.15) is 0 Å². The molecule has 0 unspecified atom stereocenters. The molecule has 0 fully saturated rings. The third-order valence-electron chi connectivity index (χ3n) is 1.93. The lowest BCUT2D eigenvalue weighted by Gasteiger charge is -2.05. The van der Waals surface area contributed by atoms with Gasteiger partial charge in [0.2, 0.25) is 0 Å². The summed E-state index contributed by atoms with van der Waals surface area (Å²) >= 11 is 0. The third kappa shape index (κ3) is 2.33. The van der Waals surface area contributed by atoms with Crippen molar-refractivity contribution >= 4 is 6.08 Å². The van der Waals surface area contributed by atoms with E-state index in [1.165, 1.54) is 0 Å². The summed E-state index contributed by atoms with van der Waals surface area (Å²) in [7, 11) is 0. The molecule has 0 aliphatic heterocycles. The van der Waals surface area contributed by atoms with Crippen LogP contribution in [-0.4, -0.2) is 11.7 Å². The minimum Gasteiger partial charge on any atom is -0.507 e. The fraction of sp³-hybridized carbons (Fsp3) is 0.273. The van der Waals surface area contributed by atoms with Crippen LogP contribution in [-0.2, 0) is 0 Å². The number of nitrogens with two attached hydrogens (primary N) is 1. The van der Waals surface area contributed by atoms with Gasteiger partial charge in [0.1, 0.15) is 5.75 Å². The summed E-state index contributed by atoms with van der Waals surface area (Å²) in [5.41, 5.74) is 8.34. The van der Waals surface area contributed by atoms with Gasteiger partial charge in [0.25, 0.3) is 0 Å². The van der Waals surface area contributed by atoms with Gasteiger partial charge in [-0.25, -0.2) is 0 Å². The fourth-order valence-electron chi connectivity index (χ4n) is 1.36. The SMILES string of the molecule is Cc1cc(C)c(/C=C/CN)c(O)c1. The van der Waals surface area contributed by atoms with Crippen molar-refractivity contribution in [2.45, 2.75) is 13.8 Å². The smallest absolute Gasteiger partial charge is 0.123 e. The van der Waals surface area contributed by atoms with Crippen LogP contribution in [0, 0.1) is 13.8 Å². The van der Waals surface area contributed by atoms with E-state index in [0.717, 1.165) is 16.7 Å². The lowest BCUT2D eigenvalue weighted by atomic mass is 10.0. The van der Waals surface area contributed by atoms with Crippen LogP contribution in [0.2, 0.25) is 0 Å². The normalized spacial score (nSPS) is 11.0. The van der Waals surface area contributed by atoms with Crippen molar-refractivity contribution in [2.75, 3.05) is 6.54 Å². The highest BCUT2D eigenvalue weighted by molar-refractivity contribution is 5.61. The summed E-state index contributed by atoms with van der Waals surface area (Å²) in [6.07, 6.45) is 3.68. The summed E-state index contributed by atoms with van der Waals surface area (Å²) < 4.78 is 0. The molecule has 13 heavy (non-hydrogen) atoms. The van der Waals surface area contributed by atoms with E-state index in [1.54, 1.807) is 6.07 Å². The predicted molar refractivity (Wildman–Crippen MR) is 55.7 cm³/mol. The highest BCUT2D eigenvalue weighted by Crippen LogP contribution is 2.23. The molecule has 2 nitrogen and oxygen atoms in total. The van der Waals surface area contributed by atoms with Gasteiger partial charge in [-0.1, -0.05) is 18.2 Å². The lowest BCUT2D eigenvalue weighted by Crippen LogP contribution is -1.92. The number of aromatic hydroxyl groups is 1. The molecule has 70 valence electrons. The first-order valence-electron chi connectivity index (χ1n) is 4.32. The van der Waals surface area contributed by atoms with E-state index in [1.807, 2.05) is 32.1 Å². The molecule has 0 spiro atoms. The van der Waals surface area contributed by atoms with Gasteiger partial charge in [0.05, 0.1) is 0 Å². The van der Waals surface area contributed by atoms with Crippen molar-refractivity contribution in [1.82, 2.24) is 0 Å². The van der Waals surface area contributed by atoms with E-state index in [-0.39, 0.29) is 0 Å². The summed E-state index contributed by atoms with van der Waals surface area (Å²) in [5.74, 6) is 0.321. The van der Waals surface area contributed by atoms with E-state index in [4.69, 9.17) is 5.73 Å². The molecule has 0 heterocycles. The lowest BCUT2D eigenvalue weighted by molar-refractivity contribution is 0.473. The highest BCUT2D eigenvalue weighted by Gasteiger charge is 2.01. The molecule has 0 bridgehead atoms. The van der Waals surface area contributed by atoms with Crippen LogP contribution in [0.15, 0.2) is 18.2 Å². The number of rotatable bonds is 2. The molecule has 0 radical (unpaired) electrons. The van der Waals surface area contributed by atoms with Crippen LogP contribution >= 0.6 is 0 Å². The second kappa shape index (κ2) is 4.10. The zero-order valence-corrected chi connectivity index (χ0v) is 8.04. The van der Waals surface area contributed by atoms with Crippen LogP contribution in [0.1, 0.15) is 16.7 Å². The summed E-state index contributed by atoms with van der Waals surface area (Å²) in [6, 6.07) is 3.79. The molecule has 0 amide bonds. The zero-order valence-electron chi connectivity index (χ0n) is 8.04. The highest BCUT2D eigenvalue weighted by atomic mass is 16.3. The van der Waals surface area contributed by atoms with E-state index < -0.39 is 0 Å². The van der Waals surface area contributed by atoms with E-state index in [0.29, 0.717) is 12.3 Å². The number of aryl methyl sites for hydroxylation is 2. The molecule has 1 aromatic carbocycles. The standard InChI is InChI=1S/C11H15NO/c1-8-6-9(2)10(4-3-5-12)11(13)7-8/h3-4,6-7,13H,5,12H2,1-2H3/b4-3+. The second-order valence-electron chi connectivity index (χ2n) is 3.15. The molecule has 0 aliphatic rings. The maximum Gasteiger partial charge on any atom is 0.123 e. The minimum atomic E-state index is 0.321. The molecular weight excluding hydrogens is 162 g/mol. The first kappa shape index (κ1) is 9.81. The molecule has 0 saturated heterocycles. The summed E-state index contributed by atoms with van der Waals surface area (Å²) in [6.45, 7) is 4.43. The van der Waals surface area contributed by atoms with Gasteiger partial charge in [0.15, 0.2) is 0 Å². The van der Waals surface area contributed by atoms with Crippen LogP contribution in [0.5, 0.6) is 5.75 Å². The van der Waals surface area contributed by atoms with Crippen LogP contribution < -0.4 is 5.73 Å². The first-order chi connectivity index (χ1) is 6.15. The van der Waals surface area contributed by atoms with Gasteiger partial charge >= 0.3 is 0 Å². The Morgan fingerprint density at radius 3 is 2.62 bits per heavy atom. The molecule has 0 aliphatic carbocycles. The van der Waals surface area contributed by atoms with E-state index in [9.17, 15) is 5.11 Å². The van der Waals surface area contributed by atoms with Gasteiger partial charge < -0.3 is 10.8 Å². The Labute approximate surface area is 78.7 Å². The van der Waals surface area contributed by atoms with Gasteiger partial charge in [0, 0.05) is 12.1 Å². The molecule has 0 aromatic heterocycles. The van der Waals surface area contributed by atoms with Crippen molar-refractivity contribution in [1.29, 1.82) is 0 Å². The molecule has 3 N–H and O–H groups in total. The first-order valence-corrected chi connectivity index (χ1v) is 4.32. The molecule has 1 aromatic rings. The maximum absolute atomic E-state index is 9.61. The topological polar surface area (TPSA) is 46.2 Å². The van der Waals surface area contributed by atoms with Crippen molar-refractivity contribution < 1.29 is 5.11 Å². The van der Waals surface area contributed by atoms with Crippen molar-refractivity contribution in [2.24, 2.45) is 5.73 Å². The second-order valence-corrected chi connectivity index (χ2v) is 3.15. The quantitative estimate of drug-likeness (QED) is 0.725. The Balaban J connectivity index is 3.13. The zero-order chi connectivity index (χ0) is 9.84. The average molecular weight is 177 g/mol. The molecular formula is C11H15NO. The summed E-state index contributed by atoms with van der Waals surface area (Å²) in [5, 5.41) is 9.61. The Kier molecular flexibility index (Phi) is 3.09. The monoisotopic (exact) mass is 177 g/mol. The average Bonchev–Trinajstić information content (AvgIpc) is 2.02. The van der Waals surface area contributed by atoms with Gasteiger partial charge in [-0.05, 0) is 31.0 Å². The molecule has 0 saturated carbocycles. The number of benzene rings is 1. The molecule has 1 rings (SSSR count). The summed E-state index contributed by atoms with van der Waals surface area (Å²) in [4.78, 5) is 0. The van der Waals surface area contributed by atoms with Crippen molar-refractivity contribution in [3.8, 4) is 5.75 Å².